The van der Waals surface area contributed by atoms with Crippen LogP contribution in [0.2, 0.25) is 10.0 Å². The molecule has 1 heterocycles. The number of ether oxygens (including phenoxy) is 1. The largest absolute Gasteiger partial charge is 0.449 e. The number of amides is 1. The molecule has 6 nitrogen and oxygen atoms in total. The van der Waals surface area contributed by atoms with Gasteiger partial charge in [0.25, 0.3) is 0 Å². The highest BCUT2D eigenvalue weighted by atomic mass is 35.5. The Morgan fingerprint density at radius 2 is 1.70 bits per heavy atom. The highest BCUT2D eigenvalue weighted by Crippen LogP contribution is 2.36. The van der Waals surface area contributed by atoms with Crippen molar-refractivity contribution >= 4 is 62.6 Å². The van der Waals surface area contributed by atoms with Crippen molar-refractivity contribution in [3.8, 4) is 11.1 Å². The Kier molecular flexibility index (Phi) is 7.12. The molecule has 0 fully saturated rings. The normalized spacial score (nSPS) is 11.0. The lowest BCUT2D eigenvalue weighted by Gasteiger charge is -2.13. The van der Waals surface area contributed by atoms with E-state index in [-0.39, 0.29) is 12.6 Å². The minimum Gasteiger partial charge on any atom is -0.449 e. The van der Waals surface area contributed by atoms with Crippen LogP contribution < -0.4 is 10.2 Å². The van der Waals surface area contributed by atoms with Gasteiger partial charge in [-0.1, -0.05) is 65.7 Å². The Bertz CT molecular complexity index is 1600. The van der Waals surface area contributed by atoms with Crippen LogP contribution >= 0.6 is 23.2 Å². The molecule has 1 amide bonds. The molecule has 37 heavy (non-hydrogen) atoms. The second-order valence-electron chi connectivity index (χ2n) is 8.80. The summed E-state index contributed by atoms with van der Waals surface area (Å²) in [5.74, 6) is 0.181. The van der Waals surface area contributed by atoms with Crippen LogP contribution in [0.15, 0.2) is 79.0 Å². The predicted octanol–water partition coefficient (Wildman–Crippen LogP) is 7.61. The fourth-order valence-electron chi connectivity index (χ4n) is 4.18. The lowest BCUT2D eigenvalue weighted by Crippen LogP contribution is -2.17. The number of anilines is 2. The van der Waals surface area contributed by atoms with E-state index in [1.807, 2.05) is 85.7 Å². The van der Waals surface area contributed by atoms with E-state index in [0.29, 0.717) is 16.5 Å². The molecule has 0 bridgehead atoms. The standard InChI is InChI=1S/C29H24Cl2N4O2/c1-35(2)21-10-7-18(8-11-21)13-14-37-29(36)34-28-32-17-20-15-24(19-9-12-25(30)26(31)16-19)22-5-3-4-6-23(22)27(20)33-28/h3-12,15-17H,13-14H2,1-2H3,(H,32,33,34,36). The first kappa shape index (κ1) is 24.8. The third-order valence-corrected chi connectivity index (χ3v) is 6.85. The first-order valence-corrected chi connectivity index (χ1v) is 12.5. The number of hydrogen-bond acceptors (Lipinski definition) is 5. The molecule has 0 radical (unpaired) electrons. The van der Waals surface area contributed by atoms with Crippen LogP contribution in [0.5, 0.6) is 0 Å². The molecule has 186 valence electrons. The maximum atomic E-state index is 12.4. The van der Waals surface area contributed by atoms with Gasteiger partial charge in [-0.25, -0.2) is 14.8 Å². The Labute approximate surface area is 224 Å². The number of hydrogen-bond donors (Lipinski definition) is 1. The molecule has 0 spiro atoms. The number of nitrogens with one attached hydrogen (secondary N) is 1. The van der Waals surface area contributed by atoms with Crippen molar-refractivity contribution < 1.29 is 9.53 Å². The van der Waals surface area contributed by atoms with Gasteiger partial charge in [0.1, 0.15) is 0 Å². The molecular formula is C29H24Cl2N4O2. The molecule has 1 N–H and O–H groups in total. The van der Waals surface area contributed by atoms with Crippen LogP contribution in [-0.4, -0.2) is 36.8 Å². The van der Waals surface area contributed by atoms with Crippen molar-refractivity contribution in [1.82, 2.24) is 9.97 Å². The lowest BCUT2D eigenvalue weighted by molar-refractivity contribution is 0.163. The number of rotatable bonds is 6. The Balaban J connectivity index is 1.34. The third-order valence-electron chi connectivity index (χ3n) is 6.11. The van der Waals surface area contributed by atoms with Gasteiger partial charge in [-0.2, -0.15) is 0 Å². The molecule has 5 rings (SSSR count). The molecule has 4 aromatic carbocycles. The van der Waals surface area contributed by atoms with Crippen LogP contribution in [0.4, 0.5) is 16.4 Å². The van der Waals surface area contributed by atoms with E-state index in [2.05, 4.69) is 15.3 Å². The number of carbonyl (C=O) groups excluding carboxylic acids is 1. The van der Waals surface area contributed by atoms with Gasteiger partial charge < -0.3 is 9.64 Å². The summed E-state index contributed by atoms with van der Waals surface area (Å²) in [5.41, 5.74) is 4.86. The number of fused-ring (bicyclic) bond motifs is 3. The zero-order valence-electron chi connectivity index (χ0n) is 20.3. The van der Waals surface area contributed by atoms with Crippen molar-refractivity contribution in [2.75, 3.05) is 30.9 Å². The molecule has 0 atom stereocenters. The topological polar surface area (TPSA) is 67.3 Å². The molecule has 0 aliphatic heterocycles. The maximum Gasteiger partial charge on any atom is 0.414 e. The van der Waals surface area contributed by atoms with E-state index in [9.17, 15) is 4.79 Å². The minimum absolute atomic E-state index is 0.181. The summed E-state index contributed by atoms with van der Waals surface area (Å²) in [7, 11) is 3.99. The maximum absolute atomic E-state index is 12.4. The third kappa shape index (κ3) is 5.45. The molecule has 0 aliphatic rings. The van der Waals surface area contributed by atoms with Crippen molar-refractivity contribution in [1.29, 1.82) is 0 Å². The molecule has 1 aromatic heterocycles. The van der Waals surface area contributed by atoms with E-state index >= 15 is 0 Å². The molecule has 0 unspecified atom stereocenters. The van der Waals surface area contributed by atoms with Gasteiger partial charge in [0.15, 0.2) is 0 Å². The number of carbonyl (C=O) groups is 1. The van der Waals surface area contributed by atoms with Crippen molar-refractivity contribution in [3.63, 3.8) is 0 Å². The Morgan fingerprint density at radius 3 is 2.43 bits per heavy atom. The van der Waals surface area contributed by atoms with E-state index < -0.39 is 6.09 Å². The quantitative estimate of drug-likeness (QED) is 0.229. The molecule has 8 heteroatoms. The summed E-state index contributed by atoms with van der Waals surface area (Å²) in [6.45, 7) is 0.247. The fraction of sp³-hybridized carbons (Fsp3) is 0.138. The summed E-state index contributed by atoms with van der Waals surface area (Å²) >= 11 is 12.4. The number of halogens is 2. The first-order valence-electron chi connectivity index (χ1n) is 11.7. The molecule has 0 saturated carbocycles. The highest BCUT2D eigenvalue weighted by molar-refractivity contribution is 6.42. The summed E-state index contributed by atoms with van der Waals surface area (Å²) < 4.78 is 5.36. The second-order valence-corrected chi connectivity index (χ2v) is 9.62. The summed E-state index contributed by atoms with van der Waals surface area (Å²) in [6, 6.07) is 23.7. The van der Waals surface area contributed by atoms with Gasteiger partial charge in [0.05, 0.1) is 22.2 Å². The SMILES string of the molecule is CN(C)c1ccc(CCOC(=O)Nc2ncc3cc(-c4ccc(Cl)c(Cl)c4)c4ccccc4c3n2)cc1. The second kappa shape index (κ2) is 10.6. The van der Waals surface area contributed by atoms with Crippen LogP contribution in [0, 0.1) is 0 Å². The monoisotopic (exact) mass is 530 g/mol. The highest BCUT2D eigenvalue weighted by Gasteiger charge is 2.13. The zero-order chi connectivity index (χ0) is 25.9. The molecular weight excluding hydrogens is 507 g/mol. The molecule has 0 aliphatic carbocycles. The number of nitrogens with zero attached hydrogens (tertiary/aromatic N) is 3. The molecule has 5 aromatic rings. The van der Waals surface area contributed by atoms with Crippen molar-refractivity contribution in [2.24, 2.45) is 0 Å². The van der Waals surface area contributed by atoms with E-state index in [4.69, 9.17) is 27.9 Å². The zero-order valence-corrected chi connectivity index (χ0v) is 21.8. The summed E-state index contributed by atoms with van der Waals surface area (Å²) in [5, 5.41) is 6.41. The van der Waals surface area contributed by atoms with Crippen LogP contribution in [0.3, 0.4) is 0 Å². The van der Waals surface area contributed by atoms with Crippen molar-refractivity contribution in [3.05, 3.63) is 94.6 Å². The van der Waals surface area contributed by atoms with E-state index in [0.717, 1.165) is 44.1 Å². The average molecular weight is 531 g/mol. The smallest absolute Gasteiger partial charge is 0.414 e. The summed E-state index contributed by atoms with van der Waals surface area (Å²) in [4.78, 5) is 23.4. The van der Waals surface area contributed by atoms with Crippen LogP contribution in [0.25, 0.3) is 32.8 Å². The molecule has 0 saturated heterocycles. The Hall–Kier alpha value is -3.87. The predicted molar refractivity (Wildman–Crippen MR) is 152 cm³/mol. The fourth-order valence-corrected chi connectivity index (χ4v) is 4.48. The van der Waals surface area contributed by atoms with Gasteiger partial charge in [0.2, 0.25) is 5.95 Å². The van der Waals surface area contributed by atoms with Gasteiger partial charge in [-0.15, -0.1) is 0 Å². The van der Waals surface area contributed by atoms with Crippen molar-refractivity contribution in [2.45, 2.75) is 6.42 Å². The van der Waals surface area contributed by atoms with Gasteiger partial charge >= 0.3 is 6.09 Å². The number of benzene rings is 4. The minimum atomic E-state index is -0.596. The van der Waals surface area contributed by atoms with Gasteiger partial charge in [-0.05, 0) is 52.4 Å². The van der Waals surface area contributed by atoms with E-state index in [1.165, 1.54) is 0 Å². The van der Waals surface area contributed by atoms with E-state index in [1.54, 1.807) is 12.3 Å². The van der Waals surface area contributed by atoms with Gasteiger partial charge in [-0.3, -0.25) is 5.32 Å². The van der Waals surface area contributed by atoms with Crippen LogP contribution in [0.1, 0.15) is 5.56 Å². The Morgan fingerprint density at radius 1 is 0.946 bits per heavy atom. The first-order chi connectivity index (χ1) is 17.9. The van der Waals surface area contributed by atoms with Crippen LogP contribution in [-0.2, 0) is 11.2 Å². The summed E-state index contributed by atoms with van der Waals surface area (Å²) in [6.07, 6.45) is 1.71. The lowest BCUT2D eigenvalue weighted by atomic mass is 9.96. The average Bonchev–Trinajstić information content (AvgIpc) is 2.90. The van der Waals surface area contributed by atoms with Gasteiger partial charge in [0, 0.05) is 43.2 Å². The number of aromatic nitrogens is 2.